The zero-order valence-electron chi connectivity index (χ0n) is 11.3. The van der Waals surface area contributed by atoms with Crippen LogP contribution in [0.5, 0.6) is 11.5 Å². The Balaban J connectivity index is 2.03. The van der Waals surface area contributed by atoms with Gasteiger partial charge in [0.15, 0.2) is 0 Å². The van der Waals surface area contributed by atoms with Crippen molar-refractivity contribution in [3.05, 3.63) is 53.9 Å². The molecule has 5 heteroatoms. The Morgan fingerprint density at radius 1 is 1.15 bits per heavy atom. The van der Waals surface area contributed by atoms with E-state index in [1.165, 1.54) is 0 Å². The van der Waals surface area contributed by atoms with E-state index in [1.807, 2.05) is 37.3 Å². The van der Waals surface area contributed by atoms with E-state index >= 15 is 0 Å². The number of aromatic nitrogens is 1. The summed E-state index contributed by atoms with van der Waals surface area (Å²) < 4.78 is 11.0. The highest BCUT2D eigenvalue weighted by molar-refractivity contribution is 5.94. The molecule has 1 aromatic carbocycles. The van der Waals surface area contributed by atoms with E-state index in [-0.39, 0.29) is 5.84 Å². The number of hydrogen-bond acceptors (Lipinski definition) is 4. The molecular formula is C15H17N3O2. The maximum Gasteiger partial charge on any atom is 0.142 e. The van der Waals surface area contributed by atoms with Crippen molar-refractivity contribution in [2.24, 2.45) is 5.73 Å². The lowest BCUT2D eigenvalue weighted by Crippen LogP contribution is -2.16. The molecule has 0 saturated heterocycles. The van der Waals surface area contributed by atoms with E-state index < -0.39 is 0 Å². The van der Waals surface area contributed by atoms with Crippen molar-refractivity contribution >= 4 is 5.84 Å². The lowest BCUT2D eigenvalue weighted by molar-refractivity contribution is 0.303. The van der Waals surface area contributed by atoms with Crippen LogP contribution in [0.1, 0.15) is 18.2 Å². The smallest absolute Gasteiger partial charge is 0.142 e. The predicted octanol–water partition coefficient (Wildman–Crippen LogP) is 2.34. The number of hydrogen-bond donors (Lipinski definition) is 2. The molecule has 1 heterocycles. The predicted molar refractivity (Wildman–Crippen MR) is 77.2 cm³/mol. The monoisotopic (exact) mass is 271 g/mol. The summed E-state index contributed by atoms with van der Waals surface area (Å²) in [6.45, 7) is 2.89. The van der Waals surface area contributed by atoms with Gasteiger partial charge in [0.1, 0.15) is 29.6 Å². The molecule has 2 aromatic rings. The number of amidine groups is 1. The van der Waals surface area contributed by atoms with Gasteiger partial charge < -0.3 is 15.2 Å². The molecule has 0 spiro atoms. The van der Waals surface area contributed by atoms with Crippen LogP contribution >= 0.6 is 0 Å². The van der Waals surface area contributed by atoms with Crippen LogP contribution in [0, 0.1) is 5.41 Å². The molecule has 0 saturated carbocycles. The van der Waals surface area contributed by atoms with Crippen LogP contribution in [-0.2, 0) is 6.61 Å². The van der Waals surface area contributed by atoms with Crippen molar-refractivity contribution in [1.82, 2.24) is 4.98 Å². The fraction of sp³-hybridized carbons (Fsp3) is 0.200. The first-order valence-corrected chi connectivity index (χ1v) is 6.34. The standard InChI is InChI=1S/C15H17N3O2/c1-2-19-12-5-7-13(8-6-12)20-10-11-4-3-9-18-14(11)15(16)17/h3-9H,2,10H2,1H3,(H3,16,17). The van der Waals surface area contributed by atoms with Crippen molar-refractivity contribution in [3.8, 4) is 11.5 Å². The Bertz CT molecular complexity index is 582. The number of pyridine rings is 1. The van der Waals surface area contributed by atoms with Crippen LogP contribution in [0.25, 0.3) is 0 Å². The number of nitrogens with two attached hydrogens (primary N) is 1. The molecule has 0 aliphatic carbocycles. The molecule has 0 bridgehead atoms. The van der Waals surface area contributed by atoms with E-state index in [9.17, 15) is 0 Å². The van der Waals surface area contributed by atoms with Gasteiger partial charge in [0.05, 0.1) is 6.61 Å². The SMILES string of the molecule is CCOc1ccc(OCc2cccnc2C(=N)N)cc1. The Labute approximate surface area is 117 Å². The summed E-state index contributed by atoms with van der Waals surface area (Å²) in [6.07, 6.45) is 1.61. The van der Waals surface area contributed by atoms with E-state index in [0.717, 1.165) is 17.1 Å². The lowest BCUT2D eigenvalue weighted by atomic mass is 10.2. The third-order valence-electron chi connectivity index (χ3n) is 2.68. The average molecular weight is 271 g/mol. The summed E-state index contributed by atoms with van der Waals surface area (Å²) in [7, 11) is 0. The van der Waals surface area contributed by atoms with Gasteiger partial charge in [0, 0.05) is 11.8 Å². The van der Waals surface area contributed by atoms with E-state index in [4.69, 9.17) is 20.6 Å². The van der Waals surface area contributed by atoms with Crippen LogP contribution in [0.2, 0.25) is 0 Å². The summed E-state index contributed by atoms with van der Waals surface area (Å²) in [4.78, 5) is 4.08. The third-order valence-corrected chi connectivity index (χ3v) is 2.68. The van der Waals surface area contributed by atoms with Gasteiger partial charge >= 0.3 is 0 Å². The molecule has 1 aromatic heterocycles. The zero-order chi connectivity index (χ0) is 14.4. The van der Waals surface area contributed by atoms with Gasteiger partial charge in [-0.25, -0.2) is 0 Å². The number of rotatable bonds is 6. The van der Waals surface area contributed by atoms with Crippen molar-refractivity contribution in [3.63, 3.8) is 0 Å². The molecule has 104 valence electrons. The molecule has 0 unspecified atom stereocenters. The third kappa shape index (κ3) is 3.47. The minimum absolute atomic E-state index is 0.0594. The van der Waals surface area contributed by atoms with Crippen molar-refractivity contribution < 1.29 is 9.47 Å². The second-order valence-electron chi connectivity index (χ2n) is 4.12. The van der Waals surface area contributed by atoms with E-state index in [1.54, 1.807) is 12.3 Å². The van der Waals surface area contributed by atoms with Gasteiger partial charge in [-0.15, -0.1) is 0 Å². The summed E-state index contributed by atoms with van der Waals surface area (Å²) >= 11 is 0. The van der Waals surface area contributed by atoms with Crippen LogP contribution in [0.3, 0.4) is 0 Å². The highest BCUT2D eigenvalue weighted by Gasteiger charge is 2.06. The number of benzene rings is 1. The van der Waals surface area contributed by atoms with Gasteiger partial charge in [-0.05, 0) is 37.3 Å². The van der Waals surface area contributed by atoms with Crippen LogP contribution in [0.15, 0.2) is 42.6 Å². The van der Waals surface area contributed by atoms with Gasteiger partial charge in [0.2, 0.25) is 0 Å². The molecule has 0 aliphatic rings. The molecular weight excluding hydrogens is 254 g/mol. The Morgan fingerprint density at radius 2 is 1.80 bits per heavy atom. The molecule has 2 rings (SSSR count). The molecule has 0 atom stereocenters. The van der Waals surface area contributed by atoms with Gasteiger partial charge in [-0.3, -0.25) is 10.4 Å². The maximum atomic E-state index is 7.48. The fourth-order valence-electron chi connectivity index (χ4n) is 1.76. The van der Waals surface area contributed by atoms with Gasteiger partial charge in [0.25, 0.3) is 0 Å². The molecule has 20 heavy (non-hydrogen) atoms. The molecule has 0 aliphatic heterocycles. The average Bonchev–Trinajstić information content (AvgIpc) is 2.47. The number of ether oxygens (including phenoxy) is 2. The second kappa shape index (κ2) is 6.56. The molecule has 3 N–H and O–H groups in total. The summed E-state index contributed by atoms with van der Waals surface area (Å²) in [5.41, 5.74) is 6.73. The summed E-state index contributed by atoms with van der Waals surface area (Å²) in [5, 5.41) is 7.48. The maximum absolute atomic E-state index is 7.48. The van der Waals surface area contributed by atoms with E-state index in [0.29, 0.717) is 18.9 Å². The molecule has 0 radical (unpaired) electrons. The van der Waals surface area contributed by atoms with Gasteiger partial charge in [-0.2, -0.15) is 0 Å². The first-order valence-electron chi connectivity index (χ1n) is 6.34. The first-order chi connectivity index (χ1) is 9.70. The van der Waals surface area contributed by atoms with Gasteiger partial charge in [-0.1, -0.05) is 6.07 Å². The topological polar surface area (TPSA) is 81.2 Å². The molecule has 0 amide bonds. The summed E-state index contributed by atoms with van der Waals surface area (Å²) in [5.74, 6) is 1.48. The Hall–Kier alpha value is -2.56. The quantitative estimate of drug-likeness (QED) is 0.624. The molecule has 0 fully saturated rings. The van der Waals surface area contributed by atoms with Crippen molar-refractivity contribution in [2.75, 3.05) is 6.61 Å². The minimum atomic E-state index is -0.0594. The Kier molecular flexibility index (Phi) is 4.55. The minimum Gasteiger partial charge on any atom is -0.494 e. The van der Waals surface area contributed by atoms with E-state index in [2.05, 4.69) is 4.98 Å². The van der Waals surface area contributed by atoms with Crippen LogP contribution < -0.4 is 15.2 Å². The fourth-order valence-corrected chi connectivity index (χ4v) is 1.76. The van der Waals surface area contributed by atoms with Crippen LogP contribution in [0.4, 0.5) is 0 Å². The number of nitrogens with zero attached hydrogens (tertiary/aromatic N) is 1. The normalized spacial score (nSPS) is 10.1. The number of nitrogen functional groups attached to an aromatic ring is 1. The zero-order valence-corrected chi connectivity index (χ0v) is 11.3. The Morgan fingerprint density at radius 3 is 2.40 bits per heavy atom. The highest BCUT2D eigenvalue weighted by atomic mass is 16.5. The van der Waals surface area contributed by atoms with Crippen molar-refractivity contribution in [2.45, 2.75) is 13.5 Å². The lowest BCUT2D eigenvalue weighted by Gasteiger charge is -2.10. The largest absolute Gasteiger partial charge is 0.494 e. The highest BCUT2D eigenvalue weighted by Crippen LogP contribution is 2.19. The first kappa shape index (κ1) is 13.9. The van der Waals surface area contributed by atoms with Crippen molar-refractivity contribution in [1.29, 1.82) is 5.41 Å². The second-order valence-corrected chi connectivity index (χ2v) is 4.12. The number of nitrogens with one attached hydrogen (secondary N) is 1. The summed E-state index contributed by atoms with van der Waals surface area (Å²) in [6, 6.07) is 11.0. The van der Waals surface area contributed by atoms with Crippen LogP contribution in [-0.4, -0.2) is 17.4 Å². The molecule has 5 nitrogen and oxygen atoms in total.